The van der Waals surface area contributed by atoms with Gasteiger partial charge in [-0.3, -0.25) is 0 Å². The molecule has 0 atom stereocenters. The van der Waals surface area contributed by atoms with E-state index in [4.69, 9.17) is 27.4 Å². The van der Waals surface area contributed by atoms with Crippen molar-refractivity contribution in [1.29, 1.82) is 0 Å². The quantitative estimate of drug-likeness (QED) is 0.277. The van der Waals surface area contributed by atoms with Gasteiger partial charge in [0.2, 0.25) is 35.6 Å². The first-order valence-electron chi connectivity index (χ1n) is 8.96. The van der Waals surface area contributed by atoms with E-state index in [0.717, 1.165) is 11.3 Å². The van der Waals surface area contributed by atoms with Gasteiger partial charge in [-0.25, -0.2) is 4.99 Å². The average Bonchev–Trinajstić information content (AvgIpc) is 3.13. The van der Waals surface area contributed by atoms with Gasteiger partial charge in [-0.2, -0.15) is 29.9 Å². The Kier molecular flexibility index (Phi) is 5.21. The van der Waals surface area contributed by atoms with E-state index >= 15 is 0 Å². The van der Waals surface area contributed by atoms with Gasteiger partial charge in [-0.05, 0) is 23.8 Å². The second-order valence-electron chi connectivity index (χ2n) is 6.27. The van der Waals surface area contributed by atoms with E-state index in [9.17, 15) is 0 Å². The number of rotatable bonds is 6. The van der Waals surface area contributed by atoms with E-state index in [-0.39, 0.29) is 29.7 Å². The third kappa shape index (κ3) is 5.17. The first-order chi connectivity index (χ1) is 14.9. The normalized spacial score (nSPS) is 11.1. The molecule has 0 saturated heterocycles. The van der Waals surface area contributed by atoms with Crippen LogP contribution >= 0.6 is 0 Å². The van der Waals surface area contributed by atoms with Crippen LogP contribution in [0.4, 0.5) is 41.3 Å². The second-order valence-corrected chi connectivity index (χ2v) is 6.27. The van der Waals surface area contributed by atoms with Crippen molar-refractivity contribution in [2.75, 3.05) is 28.3 Å². The van der Waals surface area contributed by atoms with E-state index in [2.05, 4.69) is 40.2 Å². The Morgan fingerprint density at radius 3 is 2.03 bits per heavy atom. The minimum atomic E-state index is 0.0407. The summed E-state index contributed by atoms with van der Waals surface area (Å²) in [6.45, 7) is 0. The van der Waals surface area contributed by atoms with Gasteiger partial charge in [0.25, 0.3) is 0 Å². The van der Waals surface area contributed by atoms with Gasteiger partial charge in [0, 0.05) is 18.0 Å². The summed E-state index contributed by atoms with van der Waals surface area (Å²) in [7, 11) is 0. The van der Waals surface area contributed by atoms with Crippen LogP contribution in [0, 0.1) is 0 Å². The number of nitrogens with two attached hydrogens (primary N) is 4. The number of anilines is 6. The maximum atomic E-state index is 5.68. The number of benzene rings is 1. The van der Waals surface area contributed by atoms with Crippen LogP contribution in [0.1, 0.15) is 17.1 Å². The zero-order valence-electron chi connectivity index (χ0n) is 16.1. The van der Waals surface area contributed by atoms with Crippen molar-refractivity contribution < 1.29 is 4.42 Å². The number of aromatic nitrogens is 6. The van der Waals surface area contributed by atoms with Crippen LogP contribution < -0.4 is 28.3 Å². The van der Waals surface area contributed by atoms with Gasteiger partial charge >= 0.3 is 0 Å². The molecule has 4 rings (SSSR count). The summed E-state index contributed by atoms with van der Waals surface area (Å²) in [4.78, 5) is 27.8. The highest BCUT2D eigenvalue weighted by atomic mass is 16.4. The van der Waals surface area contributed by atoms with Crippen LogP contribution in [0.25, 0.3) is 0 Å². The van der Waals surface area contributed by atoms with Crippen LogP contribution in [-0.2, 0) is 6.42 Å². The van der Waals surface area contributed by atoms with E-state index in [1.807, 2.05) is 24.3 Å². The second kappa shape index (κ2) is 8.28. The lowest BCUT2D eigenvalue weighted by Gasteiger charge is -2.05. The van der Waals surface area contributed by atoms with Crippen LogP contribution in [0.15, 0.2) is 45.8 Å². The molecule has 0 radical (unpaired) electrons. The topological polar surface area (TPSA) is 219 Å². The average molecular weight is 418 g/mol. The molecule has 0 saturated carbocycles. The van der Waals surface area contributed by atoms with E-state index < -0.39 is 0 Å². The third-order valence-electron chi connectivity index (χ3n) is 3.87. The van der Waals surface area contributed by atoms with E-state index in [1.165, 1.54) is 0 Å². The van der Waals surface area contributed by atoms with Gasteiger partial charge in [0.05, 0.1) is 6.42 Å². The summed E-state index contributed by atoms with van der Waals surface area (Å²) in [5.74, 6) is 1.94. The molecule has 0 amide bonds. The first kappa shape index (κ1) is 19.5. The molecule has 1 aromatic carbocycles. The molecular weight excluding hydrogens is 400 g/mol. The standard InChI is InChI=1S/C18H18N12O/c19-14-25-12(26-15(20)27-14)7-11-5-6-13(31-11)23-8-9-1-3-10(4-2-9)24-18-29-16(21)28-17(22)30-18/h1-6,8H,7H2,(H4,19,20,25,26,27)(H5,21,22,24,28,29,30). The number of nitrogens with one attached hydrogen (secondary N) is 1. The smallest absolute Gasteiger partial charge is 0.233 e. The fraction of sp³-hybridized carbons (Fsp3) is 0.0556. The highest BCUT2D eigenvalue weighted by Gasteiger charge is 2.07. The number of nitrogens with zero attached hydrogens (tertiary/aromatic N) is 7. The van der Waals surface area contributed by atoms with Crippen molar-refractivity contribution in [3.8, 4) is 0 Å². The summed E-state index contributed by atoms with van der Waals surface area (Å²) in [6.07, 6.45) is 1.99. The Labute approximate surface area is 175 Å². The third-order valence-corrected chi connectivity index (χ3v) is 3.87. The summed E-state index contributed by atoms with van der Waals surface area (Å²) in [5.41, 5.74) is 23.9. The number of hydrogen-bond acceptors (Lipinski definition) is 13. The maximum Gasteiger partial charge on any atom is 0.233 e. The van der Waals surface area contributed by atoms with Crippen LogP contribution in [0.2, 0.25) is 0 Å². The van der Waals surface area contributed by atoms with Gasteiger partial charge in [-0.1, -0.05) is 12.1 Å². The van der Waals surface area contributed by atoms with Crippen LogP contribution in [0.5, 0.6) is 0 Å². The predicted molar refractivity (Wildman–Crippen MR) is 116 cm³/mol. The zero-order valence-corrected chi connectivity index (χ0v) is 16.1. The molecule has 3 heterocycles. The van der Waals surface area contributed by atoms with Crippen molar-refractivity contribution in [3.05, 3.63) is 53.5 Å². The minimum absolute atomic E-state index is 0.0407. The van der Waals surface area contributed by atoms with Gasteiger partial charge in [-0.15, -0.1) is 0 Å². The lowest BCUT2D eigenvalue weighted by atomic mass is 10.2. The SMILES string of the molecule is Nc1nc(N)nc(Cc2ccc(N=Cc3ccc(Nc4nc(N)nc(N)n4)cc3)o2)n1. The van der Waals surface area contributed by atoms with Crippen molar-refractivity contribution >= 4 is 47.5 Å². The monoisotopic (exact) mass is 418 g/mol. The number of furan rings is 1. The molecule has 0 aliphatic rings. The Bertz CT molecular complexity index is 1190. The fourth-order valence-corrected chi connectivity index (χ4v) is 2.61. The molecule has 13 nitrogen and oxygen atoms in total. The molecule has 0 bridgehead atoms. The lowest BCUT2D eigenvalue weighted by Crippen LogP contribution is -2.06. The molecule has 156 valence electrons. The van der Waals surface area contributed by atoms with Crippen LogP contribution in [-0.4, -0.2) is 36.1 Å². The Hall–Kier alpha value is -4.81. The molecule has 0 aliphatic carbocycles. The molecule has 31 heavy (non-hydrogen) atoms. The largest absolute Gasteiger partial charge is 0.443 e. The molecule has 13 heteroatoms. The number of aliphatic imine (C=N–C) groups is 1. The van der Waals surface area contributed by atoms with Crippen molar-refractivity contribution in [3.63, 3.8) is 0 Å². The van der Waals surface area contributed by atoms with Gasteiger partial charge in [0.15, 0.2) is 0 Å². The zero-order chi connectivity index (χ0) is 21.8. The number of nitrogen functional groups attached to an aromatic ring is 4. The predicted octanol–water partition coefficient (Wildman–Crippen LogP) is 1.06. The Morgan fingerprint density at radius 1 is 0.774 bits per heavy atom. The first-order valence-corrected chi connectivity index (χ1v) is 8.96. The molecule has 0 fully saturated rings. The molecular formula is C18H18N12O. The van der Waals surface area contributed by atoms with Gasteiger partial charge < -0.3 is 32.7 Å². The van der Waals surface area contributed by atoms with E-state index in [1.54, 1.807) is 18.3 Å². The maximum absolute atomic E-state index is 5.68. The van der Waals surface area contributed by atoms with Crippen molar-refractivity contribution in [2.24, 2.45) is 4.99 Å². The Balaban J connectivity index is 1.39. The summed E-state index contributed by atoms with van der Waals surface area (Å²) >= 11 is 0. The van der Waals surface area contributed by atoms with E-state index in [0.29, 0.717) is 23.9 Å². The molecule has 9 N–H and O–H groups in total. The Morgan fingerprint density at radius 2 is 1.39 bits per heavy atom. The molecule has 4 aromatic rings. The number of hydrogen-bond donors (Lipinski definition) is 5. The van der Waals surface area contributed by atoms with Crippen molar-refractivity contribution in [1.82, 2.24) is 29.9 Å². The minimum Gasteiger partial charge on any atom is -0.443 e. The molecule has 0 unspecified atom stereocenters. The summed E-state index contributed by atoms with van der Waals surface area (Å²) in [6, 6.07) is 10.9. The highest BCUT2D eigenvalue weighted by Crippen LogP contribution is 2.20. The summed E-state index contributed by atoms with van der Waals surface area (Å²) in [5, 5.41) is 3.00. The van der Waals surface area contributed by atoms with Crippen molar-refractivity contribution in [2.45, 2.75) is 6.42 Å². The van der Waals surface area contributed by atoms with Crippen LogP contribution in [0.3, 0.4) is 0 Å². The lowest BCUT2D eigenvalue weighted by molar-refractivity contribution is 0.527. The van der Waals surface area contributed by atoms with Gasteiger partial charge in [0.1, 0.15) is 11.6 Å². The molecule has 3 aromatic heterocycles. The molecule has 0 spiro atoms. The molecule has 0 aliphatic heterocycles. The highest BCUT2D eigenvalue weighted by molar-refractivity contribution is 5.82. The fourth-order valence-electron chi connectivity index (χ4n) is 2.61. The summed E-state index contributed by atoms with van der Waals surface area (Å²) < 4.78 is 5.68.